The van der Waals surface area contributed by atoms with Crippen molar-refractivity contribution in [2.75, 3.05) is 7.11 Å². The number of alkyl halides is 2. The number of benzene rings is 1. The molecule has 0 saturated carbocycles. The van der Waals surface area contributed by atoms with Crippen LogP contribution in [-0.2, 0) is 13.0 Å². The number of halogens is 2. The third kappa shape index (κ3) is 6.12. The van der Waals surface area contributed by atoms with Gasteiger partial charge in [0.15, 0.2) is 0 Å². The van der Waals surface area contributed by atoms with Crippen LogP contribution in [0.5, 0.6) is 11.6 Å². The SMILES string of the molecule is COc1cc(CNC(C)CCc2ccc(OC(F)F)cc2)ccn1. The maximum Gasteiger partial charge on any atom is 0.387 e. The Kier molecular flexibility index (Phi) is 6.93. The van der Waals surface area contributed by atoms with Crippen LogP contribution in [-0.4, -0.2) is 24.7 Å². The van der Waals surface area contributed by atoms with Crippen LogP contribution in [0, 0.1) is 0 Å². The van der Waals surface area contributed by atoms with Crippen molar-refractivity contribution in [3.05, 3.63) is 53.7 Å². The topological polar surface area (TPSA) is 43.4 Å². The third-order valence-electron chi connectivity index (χ3n) is 3.68. The number of aryl methyl sites for hydroxylation is 1. The second-order valence-corrected chi connectivity index (χ2v) is 5.55. The average molecular weight is 336 g/mol. The molecule has 2 aromatic rings. The van der Waals surface area contributed by atoms with Gasteiger partial charge in [0.05, 0.1) is 7.11 Å². The first kappa shape index (κ1) is 18.1. The highest BCUT2D eigenvalue weighted by molar-refractivity contribution is 5.27. The van der Waals surface area contributed by atoms with Crippen LogP contribution in [0.4, 0.5) is 8.78 Å². The highest BCUT2D eigenvalue weighted by Gasteiger charge is 2.06. The molecule has 0 radical (unpaired) electrons. The van der Waals surface area contributed by atoms with Crippen molar-refractivity contribution in [2.24, 2.45) is 0 Å². The standard InChI is InChI=1S/C18H22F2N2O2/c1-13(22-12-15-9-10-21-17(11-15)23-2)3-4-14-5-7-16(8-6-14)24-18(19)20/h5-11,13,18,22H,3-4,12H2,1-2H3. The fraction of sp³-hybridized carbons (Fsp3) is 0.389. The Morgan fingerprint density at radius 2 is 1.88 bits per heavy atom. The van der Waals surface area contributed by atoms with E-state index in [9.17, 15) is 8.78 Å². The van der Waals surface area contributed by atoms with E-state index < -0.39 is 6.61 Å². The molecule has 1 aromatic heterocycles. The summed E-state index contributed by atoms with van der Waals surface area (Å²) in [6.45, 7) is 0.0698. The predicted molar refractivity (Wildman–Crippen MR) is 88.5 cm³/mol. The van der Waals surface area contributed by atoms with Gasteiger partial charge in [0.1, 0.15) is 5.75 Å². The minimum atomic E-state index is -2.79. The zero-order valence-corrected chi connectivity index (χ0v) is 13.8. The van der Waals surface area contributed by atoms with Crippen LogP contribution in [0.1, 0.15) is 24.5 Å². The zero-order valence-electron chi connectivity index (χ0n) is 13.8. The molecular weight excluding hydrogens is 314 g/mol. The average Bonchev–Trinajstić information content (AvgIpc) is 2.59. The normalized spacial score (nSPS) is 12.2. The molecule has 0 aliphatic carbocycles. The van der Waals surface area contributed by atoms with E-state index >= 15 is 0 Å². The molecule has 1 unspecified atom stereocenters. The monoisotopic (exact) mass is 336 g/mol. The van der Waals surface area contributed by atoms with Gasteiger partial charge < -0.3 is 14.8 Å². The van der Waals surface area contributed by atoms with Crippen molar-refractivity contribution < 1.29 is 18.3 Å². The zero-order chi connectivity index (χ0) is 17.4. The first-order valence-corrected chi connectivity index (χ1v) is 7.83. The van der Waals surface area contributed by atoms with Crippen molar-refractivity contribution in [1.82, 2.24) is 10.3 Å². The summed E-state index contributed by atoms with van der Waals surface area (Å²) < 4.78 is 33.7. The van der Waals surface area contributed by atoms with Gasteiger partial charge in [0.25, 0.3) is 0 Å². The maximum atomic E-state index is 12.1. The van der Waals surface area contributed by atoms with Gasteiger partial charge in [-0.25, -0.2) is 4.98 Å². The molecule has 24 heavy (non-hydrogen) atoms. The minimum absolute atomic E-state index is 0.187. The van der Waals surface area contributed by atoms with Gasteiger partial charge in [-0.2, -0.15) is 8.78 Å². The van der Waals surface area contributed by atoms with Crippen LogP contribution in [0.3, 0.4) is 0 Å². The fourth-order valence-corrected chi connectivity index (χ4v) is 2.29. The molecule has 1 atom stereocenters. The molecule has 0 fully saturated rings. The lowest BCUT2D eigenvalue weighted by atomic mass is 10.1. The molecule has 0 aliphatic rings. The molecule has 130 valence electrons. The highest BCUT2D eigenvalue weighted by atomic mass is 19.3. The van der Waals surface area contributed by atoms with Crippen LogP contribution >= 0.6 is 0 Å². The van der Waals surface area contributed by atoms with E-state index in [1.54, 1.807) is 25.4 Å². The summed E-state index contributed by atoms with van der Waals surface area (Å²) in [7, 11) is 1.60. The minimum Gasteiger partial charge on any atom is -0.481 e. The lowest BCUT2D eigenvalue weighted by Gasteiger charge is -2.14. The van der Waals surface area contributed by atoms with E-state index in [1.165, 1.54) is 0 Å². The fourth-order valence-electron chi connectivity index (χ4n) is 2.29. The Labute approximate surface area is 140 Å². The Hall–Kier alpha value is -2.21. The summed E-state index contributed by atoms with van der Waals surface area (Å²) >= 11 is 0. The summed E-state index contributed by atoms with van der Waals surface area (Å²) in [6, 6.07) is 11.0. The van der Waals surface area contributed by atoms with Gasteiger partial charge in [0.2, 0.25) is 5.88 Å². The number of rotatable bonds is 9. The first-order valence-electron chi connectivity index (χ1n) is 7.83. The van der Waals surface area contributed by atoms with E-state index in [4.69, 9.17) is 4.74 Å². The van der Waals surface area contributed by atoms with Crippen LogP contribution < -0.4 is 14.8 Å². The molecule has 1 heterocycles. The van der Waals surface area contributed by atoms with E-state index in [-0.39, 0.29) is 5.75 Å². The quantitative estimate of drug-likeness (QED) is 0.756. The Morgan fingerprint density at radius 1 is 1.12 bits per heavy atom. The predicted octanol–water partition coefficient (Wildman–Crippen LogP) is 3.80. The van der Waals surface area contributed by atoms with E-state index in [2.05, 4.69) is 22.0 Å². The van der Waals surface area contributed by atoms with Crippen molar-refractivity contribution in [1.29, 1.82) is 0 Å². The summed E-state index contributed by atoms with van der Waals surface area (Å²) in [5.41, 5.74) is 2.21. The Morgan fingerprint density at radius 3 is 2.54 bits per heavy atom. The van der Waals surface area contributed by atoms with Gasteiger partial charge >= 0.3 is 6.61 Å². The highest BCUT2D eigenvalue weighted by Crippen LogP contribution is 2.16. The van der Waals surface area contributed by atoms with E-state index in [0.29, 0.717) is 11.9 Å². The summed E-state index contributed by atoms with van der Waals surface area (Å²) in [5, 5.41) is 3.45. The van der Waals surface area contributed by atoms with Gasteiger partial charge in [-0.05, 0) is 49.1 Å². The number of methoxy groups -OCH3 is 1. The summed E-state index contributed by atoms with van der Waals surface area (Å²) in [6.07, 6.45) is 3.53. The van der Waals surface area contributed by atoms with E-state index in [1.807, 2.05) is 24.3 Å². The molecule has 6 heteroatoms. The largest absolute Gasteiger partial charge is 0.481 e. The third-order valence-corrected chi connectivity index (χ3v) is 3.68. The number of aromatic nitrogens is 1. The molecule has 1 aromatic carbocycles. The smallest absolute Gasteiger partial charge is 0.387 e. The number of hydrogen-bond acceptors (Lipinski definition) is 4. The molecule has 0 saturated heterocycles. The maximum absolute atomic E-state index is 12.1. The number of hydrogen-bond donors (Lipinski definition) is 1. The Balaban J connectivity index is 1.75. The van der Waals surface area contributed by atoms with Crippen molar-refractivity contribution in [3.8, 4) is 11.6 Å². The number of nitrogens with zero attached hydrogens (tertiary/aromatic N) is 1. The van der Waals surface area contributed by atoms with Gasteiger partial charge in [0, 0.05) is 24.8 Å². The molecule has 4 nitrogen and oxygen atoms in total. The number of pyridine rings is 1. The van der Waals surface area contributed by atoms with Crippen molar-refractivity contribution >= 4 is 0 Å². The Bertz CT molecular complexity index is 621. The number of nitrogens with one attached hydrogen (secondary N) is 1. The number of ether oxygens (including phenoxy) is 2. The lowest BCUT2D eigenvalue weighted by Crippen LogP contribution is -2.26. The second-order valence-electron chi connectivity index (χ2n) is 5.55. The van der Waals surface area contributed by atoms with Gasteiger partial charge in [-0.1, -0.05) is 12.1 Å². The van der Waals surface area contributed by atoms with E-state index in [0.717, 1.165) is 30.5 Å². The molecule has 0 bridgehead atoms. The van der Waals surface area contributed by atoms with Crippen LogP contribution in [0.15, 0.2) is 42.6 Å². The first-order chi connectivity index (χ1) is 11.6. The summed E-state index contributed by atoms with van der Waals surface area (Å²) in [4.78, 5) is 4.08. The van der Waals surface area contributed by atoms with Gasteiger partial charge in [-0.15, -0.1) is 0 Å². The lowest BCUT2D eigenvalue weighted by molar-refractivity contribution is -0.0498. The van der Waals surface area contributed by atoms with Crippen LogP contribution in [0.2, 0.25) is 0 Å². The van der Waals surface area contributed by atoms with Gasteiger partial charge in [-0.3, -0.25) is 0 Å². The van der Waals surface area contributed by atoms with Crippen molar-refractivity contribution in [3.63, 3.8) is 0 Å². The summed E-state index contributed by atoms with van der Waals surface area (Å²) in [5.74, 6) is 0.791. The van der Waals surface area contributed by atoms with Crippen LogP contribution in [0.25, 0.3) is 0 Å². The molecule has 0 aliphatic heterocycles. The second kappa shape index (κ2) is 9.17. The molecular formula is C18H22F2N2O2. The molecule has 2 rings (SSSR count). The molecule has 1 N–H and O–H groups in total. The van der Waals surface area contributed by atoms with Crippen molar-refractivity contribution in [2.45, 2.75) is 39.0 Å². The molecule has 0 spiro atoms. The molecule has 0 amide bonds.